The molecular formula is C20H28N4O4S. The minimum Gasteiger partial charge on any atom is -0.493 e. The minimum absolute atomic E-state index is 0.106. The Labute approximate surface area is 171 Å². The first-order valence-electron chi connectivity index (χ1n) is 9.96. The molecule has 29 heavy (non-hydrogen) atoms. The number of nitrogens with zero attached hydrogens (tertiary/aromatic N) is 3. The van der Waals surface area contributed by atoms with Crippen molar-refractivity contribution in [3.63, 3.8) is 0 Å². The van der Waals surface area contributed by atoms with Crippen molar-refractivity contribution >= 4 is 26.8 Å². The largest absolute Gasteiger partial charge is 0.493 e. The molecule has 2 aromatic rings. The number of pyridine rings is 1. The summed E-state index contributed by atoms with van der Waals surface area (Å²) >= 11 is 0. The Morgan fingerprint density at radius 1 is 1.14 bits per heavy atom. The molecule has 0 spiro atoms. The van der Waals surface area contributed by atoms with Crippen molar-refractivity contribution in [1.82, 2.24) is 9.29 Å². The zero-order valence-electron chi connectivity index (χ0n) is 16.9. The number of piperidine rings is 1. The lowest BCUT2D eigenvalue weighted by molar-refractivity contribution is 0.296. The number of nitrogens with two attached hydrogens (primary N) is 1. The summed E-state index contributed by atoms with van der Waals surface area (Å²) in [7, 11) is -0.381. The van der Waals surface area contributed by atoms with E-state index >= 15 is 0 Å². The SMILES string of the molecule is COc1cc2nccc(N3CCC(CN(C4CC4)S(N)(=O)=O)CC3)c2cc1OC. The van der Waals surface area contributed by atoms with Crippen molar-refractivity contribution in [3.05, 3.63) is 24.4 Å². The van der Waals surface area contributed by atoms with Crippen LogP contribution in [0.4, 0.5) is 5.69 Å². The molecule has 8 nitrogen and oxygen atoms in total. The minimum atomic E-state index is -3.62. The van der Waals surface area contributed by atoms with E-state index in [1.54, 1.807) is 14.2 Å². The summed E-state index contributed by atoms with van der Waals surface area (Å²) in [5.41, 5.74) is 1.97. The summed E-state index contributed by atoms with van der Waals surface area (Å²) in [5, 5.41) is 6.45. The van der Waals surface area contributed by atoms with Gasteiger partial charge in [0.15, 0.2) is 11.5 Å². The summed E-state index contributed by atoms with van der Waals surface area (Å²) < 4.78 is 36.1. The number of hydrogen-bond acceptors (Lipinski definition) is 6. The van der Waals surface area contributed by atoms with Gasteiger partial charge >= 0.3 is 0 Å². The monoisotopic (exact) mass is 420 g/mol. The molecule has 1 saturated heterocycles. The fraction of sp³-hybridized carbons (Fsp3) is 0.550. The molecule has 0 atom stereocenters. The zero-order valence-corrected chi connectivity index (χ0v) is 17.7. The van der Waals surface area contributed by atoms with Crippen LogP contribution in [-0.2, 0) is 10.2 Å². The lowest BCUT2D eigenvalue weighted by Crippen LogP contribution is -2.44. The quantitative estimate of drug-likeness (QED) is 0.737. The molecule has 1 aromatic heterocycles. The molecule has 1 aliphatic carbocycles. The van der Waals surface area contributed by atoms with E-state index in [1.807, 2.05) is 24.4 Å². The van der Waals surface area contributed by atoms with Gasteiger partial charge in [0, 0.05) is 49.0 Å². The van der Waals surface area contributed by atoms with E-state index in [-0.39, 0.29) is 6.04 Å². The fourth-order valence-electron chi connectivity index (χ4n) is 4.17. The fourth-order valence-corrected chi connectivity index (χ4v) is 5.21. The first-order valence-corrected chi connectivity index (χ1v) is 11.5. The van der Waals surface area contributed by atoms with E-state index in [0.29, 0.717) is 24.0 Å². The van der Waals surface area contributed by atoms with E-state index < -0.39 is 10.2 Å². The predicted octanol–water partition coefficient (Wildman–Crippen LogP) is 2.14. The summed E-state index contributed by atoms with van der Waals surface area (Å²) in [5.74, 6) is 1.66. The first-order chi connectivity index (χ1) is 13.9. The molecule has 4 rings (SSSR count). The molecule has 0 unspecified atom stereocenters. The number of aromatic nitrogens is 1. The third-order valence-electron chi connectivity index (χ3n) is 5.90. The Kier molecular flexibility index (Phi) is 5.54. The molecule has 1 aliphatic heterocycles. The summed E-state index contributed by atoms with van der Waals surface area (Å²) in [6.45, 7) is 2.25. The highest BCUT2D eigenvalue weighted by molar-refractivity contribution is 7.86. The van der Waals surface area contributed by atoms with E-state index in [4.69, 9.17) is 14.6 Å². The number of methoxy groups -OCH3 is 2. The third kappa shape index (κ3) is 4.26. The van der Waals surface area contributed by atoms with Gasteiger partial charge in [-0.3, -0.25) is 4.98 Å². The summed E-state index contributed by atoms with van der Waals surface area (Å²) in [6, 6.07) is 5.99. The van der Waals surface area contributed by atoms with Gasteiger partial charge in [-0.15, -0.1) is 0 Å². The van der Waals surface area contributed by atoms with Crippen molar-refractivity contribution in [2.75, 3.05) is 38.8 Å². The second-order valence-electron chi connectivity index (χ2n) is 7.83. The lowest BCUT2D eigenvalue weighted by Gasteiger charge is -2.36. The maximum absolute atomic E-state index is 11.9. The number of benzene rings is 1. The van der Waals surface area contributed by atoms with Gasteiger partial charge in [-0.25, -0.2) is 5.14 Å². The van der Waals surface area contributed by atoms with Crippen LogP contribution in [0.5, 0.6) is 11.5 Å². The molecule has 2 fully saturated rings. The van der Waals surface area contributed by atoms with Crippen LogP contribution in [-0.4, -0.2) is 57.6 Å². The van der Waals surface area contributed by atoms with Crippen LogP contribution < -0.4 is 19.5 Å². The van der Waals surface area contributed by atoms with E-state index in [0.717, 1.165) is 55.4 Å². The van der Waals surface area contributed by atoms with Crippen LogP contribution in [0.2, 0.25) is 0 Å². The van der Waals surface area contributed by atoms with Crippen molar-refractivity contribution in [1.29, 1.82) is 0 Å². The van der Waals surface area contributed by atoms with Gasteiger partial charge in [0.05, 0.1) is 19.7 Å². The first kappa shape index (κ1) is 20.2. The van der Waals surface area contributed by atoms with Crippen molar-refractivity contribution in [2.24, 2.45) is 11.1 Å². The highest BCUT2D eigenvalue weighted by atomic mass is 32.2. The maximum Gasteiger partial charge on any atom is 0.277 e. The van der Waals surface area contributed by atoms with Crippen molar-refractivity contribution in [2.45, 2.75) is 31.7 Å². The molecular weight excluding hydrogens is 392 g/mol. The molecule has 158 valence electrons. The summed E-state index contributed by atoms with van der Waals surface area (Å²) in [4.78, 5) is 6.82. The van der Waals surface area contributed by atoms with Crippen LogP contribution in [0.1, 0.15) is 25.7 Å². The van der Waals surface area contributed by atoms with Crippen molar-refractivity contribution < 1.29 is 17.9 Å². The molecule has 1 aromatic carbocycles. The van der Waals surface area contributed by atoms with Gasteiger partial charge in [-0.05, 0) is 43.7 Å². The highest BCUT2D eigenvalue weighted by Crippen LogP contribution is 2.37. The van der Waals surface area contributed by atoms with Gasteiger partial charge in [0.2, 0.25) is 0 Å². The van der Waals surface area contributed by atoms with E-state index in [1.165, 1.54) is 4.31 Å². The standard InChI is InChI=1S/C20H28N4O4S/c1-27-19-11-16-17(12-20(19)28-2)22-8-5-18(16)23-9-6-14(7-10-23)13-24(15-3-4-15)29(21,25)26/h5,8,11-12,14-15H,3-4,6-7,9-10,13H2,1-2H3,(H2,21,25,26). The van der Waals surface area contributed by atoms with Crippen LogP contribution in [0.3, 0.4) is 0 Å². The average Bonchev–Trinajstić information content (AvgIpc) is 3.55. The number of ether oxygens (including phenoxy) is 2. The molecule has 2 N–H and O–H groups in total. The Balaban J connectivity index is 1.50. The predicted molar refractivity (Wildman–Crippen MR) is 113 cm³/mol. The topological polar surface area (TPSA) is 98.0 Å². The lowest BCUT2D eigenvalue weighted by atomic mass is 9.96. The average molecular weight is 421 g/mol. The van der Waals surface area contributed by atoms with Crippen LogP contribution in [0.25, 0.3) is 10.9 Å². The molecule has 1 saturated carbocycles. The number of rotatable bonds is 7. The van der Waals surface area contributed by atoms with Gasteiger partial charge in [0.25, 0.3) is 10.2 Å². The van der Waals surface area contributed by atoms with Gasteiger partial charge in [-0.2, -0.15) is 12.7 Å². The van der Waals surface area contributed by atoms with E-state index in [9.17, 15) is 8.42 Å². The second-order valence-corrected chi connectivity index (χ2v) is 9.33. The molecule has 2 heterocycles. The Hall–Kier alpha value is -2.10. The maximum atomic E-state index is 11.9. The van der Waals surface area contributed by atoms with E-state index in [2.05, 4.69) is 9.88 Å². The number of fused-ring (bicyclic) bond motifs is 1. The third-order valence-corrected chi connectivity index (χ3v) is 7.00. The Morgan fingerprint density at radius 3 is 2.38 bits per heavy atom. The van der Waals surface area contributed by atoms with Crippen LogP contribution in [0, 0.1) is 5.92 Å². The molecule has 0 bridgehead atoms. The number of hydrogen-bond donors (Lipinski definition) is 1. The number of anilines is 1. The normalized spacial score (nSPS) is 18.4. The van der Waals surface area contributed by atoms with Gasteiger partial charge < -0.3 is 14.4 Å². The Morgan fingerprint density at radius 2 is 1.79 bits per heavy atom. The summed E-state index contributed by atoms with van der Waals surface area (Å²) in [6.07, 6.45) is 5.50. The molecule has 2 aliphatic rings. The Bertz CT molecular complexity index is 985. The van der Waals surface area contributed by atoms with Gasteiger partial charge in [0.1, 0.15) is 0 Å². The molecule has 9 heteroatoms. The molecule has 0 radical (unpaired) electrons. The van der Waals surface area contributed by atoms with Crippen molar-refractivity contribution in [3.8, 4) is 11.5 Å². The van der Waals surface area contributed by atoms with Gasteiger partial charge in [-0.1, -0.05) is 0 Å². The van der Waals surface area contributed by atoms with Crippen LogP contribution in [0.15, 0.2) is 24.4 Å². The smallest absolute Gasteiger partial charge is 0.277 e. The van der Waals surface area contributed by atoms with Crippen LogP contribution >= 0.6 is 0 Å². The molecule has 0 amide bonds. The second kappa shape index (κ2) is 7.97. The zero-order chi connectivity index (χ0) is 20.6. The highest BCUT2D eigenvalue weighted by Gasteiger charge is 2.37.